The Morgan fingerprint density at radius 1 is 1.31 bits per heavy atom. The van der Waals surface area contributed by atoms with Gasteiger partial charge < -0.3 is 4.74 Å². The normalized spacial score (nSPS) is 25.6. The summed E-state index contributed by atoms with van der Waals surface area (Å²) in [5, 5.41) is 2.71. The fourth-order valence-corrected chi connectivity index (χ4v) is 8.62. The van der Waals surface area contributed by atoms with Crippen molar-refractivity contribution in [2.24, 2.45) is 16.7 Å². The Labute approximate surface area is 221 Å². The molecule has 1 aromatic heterocycles. The van der Waals surface area contributed by atoms with Gasteiger partial charge in [-0.3, -0.25) is 14.2 Å². The predicted octanol–water partition coefficient (Wildman–Crippen LogP) is 4.94. The van der Waals surface area contributed by atoms with Crippen LogP contribution in [0, 0.1) is 16.7 Å². The summed E-state index contributed by atoms with van der Waals surface area (Å²) < 4.78 is 36.0. The number of Topliss-reactive ketones (excluding diaryl/α,β-unsaturated/α-hetero) is 1. The third-order valence-corrected chi connectivity index (χ3v) is 10.6. The van der Waals surface area contributed by atoms with Gasteiger partial charge >= 0.3 is 5.97 Å². The second-order valence-electron chi connectivity index (χ2n) is 10.4. The molecule has 2 saturated carbocycles. The zero-order valence-electron chi connectivity index (χ0n) is 20.7. The number of benzene rings is 1. The number of thiophene rings is 1. The van der Waals surface area contributed by atoms with E-state index in [0.717, 1.165) is 31.5 Å². The van der Waals surface area contributed by atoms with Crippen LogP contribution in [0.3, 0.4) is 0 Å². The largest absolute Gasteiger partial charge is 0.468 e. The molecule has 3 aliphatic rings. The van der Waals surface area contributed by atoms with Crippen molar-refractivity contribution >= 4 is 44.8 Å². The average molecular weight is 554 g/mol. The van der Waals surface area contributed by atoms with Crippen molar-refractivity contribution in [3.8, 4) is 0 Å². The molecule has 0 saturated heterocycles. The van der Waals surface area contributed by atoms with Crippen molar-refractivity contribution in [3.63, 3.8) is 0 Å². The molecular weight excluding hydrogens is 522 g/mol. The first kappa shape index (κ1) is 27.3. The molecule has 196 valence electrons. The first-order valence-corrected chi connectivity index (χ1v) is 14.9. The van der Waals surface area contributed by atoms with E-state index in [2.05, 4.69) is 16.3 Å². The molecule has 5 rings (SSSR count). The number of hydrogen-bond donors (Lipinski definition) is 1. The zero-order chi connectivity index (χ0) is 26.3. The second kappa shape index (κ2) is 10.2. The van der Waals surface area contributed by atoms with Crippen LogP contribution >= 0.6 is 22.9 Å². The zero-order valence-corrected chi connectivity index (χ0v) is 23.1. The molecule has 2 aromatic rings. The third-order valence-electron chi connectivity index (χ3n) is 8.39. The smallest absolute Gasteiger partial charge is 0.327 e. The van der Waals surface area contributed by atoms with Gasteiger partial charge in [-0.25, -0.2) is 4.79 Å². The minimum atomic E-state index is -4.08. The van der Waals surface area contributed by atoms with Crippen LogP contribution in [0.5, 0.6) is 0 Å². The van der Waals surface area contributed by atoms with Crippen LogP contribution in [-0.4, -0.2) is 49.0 Å². The molecule has 2 aliphatic carbocycles. The molecule has 36 heavy (non-hydrogen) atoms. The van der Waals surface area contributed by atoms with Crippen molar-refractivity contribution in [2.75, 3.05) is 19.4 Å². The first-order valence-electron chi connectivity index (χ1n) is 12.0. The molecule has 0 spiro atoms. The lowest BCUT2D eigenvalue weighted by Crippen LogP contribution is -2.42. The number of carbonyl (C=O) groups is 2. The third kappa shape index (κ3) is 5.00. The molecule has 1 aliphatic heterocycles. The molecule has 0 amide bonds. The summed E-state index contributed by atoms with van der Waals surface area (Å²) in [5.74, 6) is -0.364. The lowest BCUT2D eigenvalue weighted by molar-refractivity contribution is -0.147. The van der Waals surface area contributed by atoms with Gasteiger partial charge in [0.2, 0.25) is 0 Å². The van der Waals surface area contributed by atoms with E-state index in [1.165, 1.54) is 17.6 Å². The Morgan fingerprint density at radius 2 is 2.03 bits per heavy atom. The van der Waals surface area contributed by atoms with E-state index in [0.29, 0.717) is 17.9 Å². The average Bonchev–Trinajstić information content (AvgIpc) is 3.42. The second-order valence-corrected chi connectivity index (χ2v) is 13.3. The molecule has 2 fully saturated rings. The maximum atomic E-state index is 12.3. The van der Waals surface area contributed by atoms with Crippen LogP contribution in [0.1, 0.15) is 55.2 Å². The van der Waals surface area contributed by atoms with Gasteiger partial charge in [-0.15, -0.1) is 11.3 Å². The van der Waals surface area contributed by atoms with Gasteiger partial charge in [-0.05, 0) is 59.2 Å². The SMILES string of the molecule is CC1(C)C2CCC1(CS(=O)(=O)O)C(=O)C2.COC(=O)[C@@H](c1ccccc1Cl)N1CCc2sccc2C1. The molecule has 2 heterocycles. The number of methoxy groups -OCH3 is 1. The van der Waals surface area contributed by atoms with Gasteiger partial charge in [-0.2, -0.15) is 8.42 Å². The molecule has 7 nitrogen and oxygen atoms in total. The lowest BCUT2D eigenvalue weighted by Gasteiger charge is -2.35. The standard InChI is InChI=1S/C16H16ClNO2S.C10H16O4S/c1-20-16(19)15(12-4-2-3-5-13(12)17)18-8-6-14-11(10-18)7-9-21-14;1-9(2)7-3-4-10(9,8(11)5-7)6-15(12,13)14/h2-5,7,9,15H,6,8,10H2,1H3;7H,3-6H2,1-2H3,(H,12,13,14)/t15-;/m1./s1. The number of ketones is 1. The molecule has 3 atom stereocenters. The van der Waals surface area contributed by atoms with Crippen LogP contribution < -0.4 is 0 Å². The van der Waals surface area contributed by atoms with Crippen LogP contribution in [0.4, 0.5) is 0 Å². The van der Waals surface area contributed by atoms with E-state index in [-0.39, 0.29) is 23.1 Å². The molecule has 1 N–H and O–H groups in total. The molecule has 2 bridgehead atoms. The fourth-order valence-electron chi connectivity index (χ4n) is 6.19. The van der Waals surface area contributed by atoms with Gasteiger partial charge in [0.15, 0.2) is 0 Å². The van der Waals surface area contributed by atoms with Gasteiger partial charge in [0, 0.05) is 29.4 Å². The van der Waals surface area contributed by atoms with E-state index in [1.54, 1.807) is 11.3 Å². The van der Waals surface area contributed by atoms with Crippen LogP contribution in [0.15, 0.2) is 35.7 Å². The first-order chi connectivity index (χ1) is 16.9. The Kier molecular flexibility index (Phi) is 7.70. The Bertz CT molecular complexity index is 1260. The van der Waals surface area contributed by atoms with Crippen molar-refractivity contribution in [3.05, 3.63) is 56.7 Å². The predicted molar refractivity (Wildman–Crippen MR) is 140 cm³/mol. The molecule has 10 heteroatoms. The maximum absolute atomic E-state index is 12.3. The Balaban J connectivity index is 0.000000179. The quantitative estimate of drug-likeness (QED) is 0.413. The molecule has 1 aromatic carbocycles. The summed E-state index contributed by atoms with van der Waals surface area (Å²) in [6.45, 7) is 5.48. The van der Waals surface area contributed by atoms with Gasteiger partial charge in [0.05, 0.1) is 18.3 Å². The number of carbonyl (C=O) groups excluding carboxylic acids is 2. The number of esters is 1. The fraction of sp³-hybridized carbons (Fsp3) is 0.538. The van der Waals surface area contributed by atoms with Crippen LogP contribution in [0.2, 0.25) is 5.02 Å². The number of hydrogen-bond acceptors (Lipinski definition) is 7. The highest BCUT2D eigenvalue weighted by Gasteiger charge is 2.65. The summed E-state index contributed by atoms with van der Waals surface area (Å²) in [6, 6.07) is 9.16. The van der Waals surface area contributed by atoms with Crippen molar-refractivity contribution in [1.82, 2.24) is 4.90 Å². The molecule has 0 radical (unpaired) electrons. The Morgan fingerprint density at radius 3 is 2.61 bits per heavy atom. The summed E-state index contributed by atoms with van der Waals surface area (Å²) >= 11 is 8.07. The minimum absolute atomic E-state index is 0.0152. The summed E-state index contributed by atoms with van der Waals surface area (Å²) in [7, 11) is -2.65. The molecular formula is C26H32ClNO6S2. The van der Waals surface area contributed by atoms with Crippen molar-refractivity contribution < 1.29 is 27.3 Å². The number of ether oxygens (including phenoxy) is 1. The van der Waals surface area contributed by atoms with Crippen LogP contribution in [0.25, 0.3) is 0 Å². The van der Waals surface area contributed by atoms with Crippen LogP contribution in [-0.2, 0) is 37.4 Å². The highest BCUT2D eigenvalue weighted by molar-refractivity contribution is 7.85. The van der Waals surface area contributed by atoms with Gasteiger partial charge in [0.25, 0.3) is 10.1 Å². The number of halogens is 1. The summed E-state index contributed by atoms with van der Waals surface area (Å²) in [5.41, 5.74) is 0.988. The van der Waals surface area contributed by atoms with E-state index in [4.69, 9.17) is 20.9 Å². The molecule has 2 unspecified atom stereocenters. The highest BCUT2D eigenvalue weighted by Crippen LogP contribution is 2.64. The summed E-state index contributed by atoms with van der Waals surface area (Å²) in [4.78, 5) is 27.7. The highest BCUT2D eigenvalue weighted by atomic mass is 35.5. The van der Waals surface area contributed by atoms with Gasteiger partial charge in [0.1, 0.15) is 11.8 Å². The summed E-state index contributed by atoms with van der Waals surface area (Å²) in [6.07, 6.45) is 2.94. The maximum Gasteiger partial charge on any atom is 0.327 e. The Hall–Kier alpha value is -1.78. The van der Waals surface area contributed by atoms with Gasteiger partial charge in [-0.1, -0.05) is 43.6 Å². The monoisotopic (exact) mass is 553 g/mol. The van der Waals surface area contributed by atoms with E-state index in [1.807, 2.05) is 38.1 Å². The number of fused-ring (bicyclic) bond motifs is 3. The number of nitrogens with zero attached hydrogens (tertiary/aromatic N) is 1. The van der Waals surface area contributed by atoms with Crippen molar-refractivity contribution in [2.45, 2.75) is 52.1 Å². The minimum Gasteiger partial charge on any atom is -0.468 e. The van der Waals surface area contributed by atoms with Crippen molar-refractivity contribution in [1.29, 1.82) is 0 Å². The lowest BCUT2D eigenvalue weighted by atomic mass is 9.70. The van der Waals surface area contributed by atoms with E-state index in [9.17, 15) is 18.0 Å². The van der Waals surface area contributed by atoms with E-state index >= 15 is 0 Å². The number of rotatable bonds is 5. The van der Waals surface area contributed by atoms with E-state index < -0.39 is 27.3 Å². The topological polar surface area (TPSA) is 101 Å².